The molecule has 2 amide bonds. The summed E-state index contributed by atoms with van der Waals surface area (Å²) in [5.41, 5.74) is 4.15. The van der Waals surface area contributed by atoms with Crippen molar-refractivity contribution in [3.8, 4) is 0 Å². The van der Waals surface area contributed by atoms with Crippen molar-refractivity contribution in [2.24, 2.45) is 0 Å². The first-order valence-electron chi connectivity index (χ1n) is 10.7. The van der Waals surface area contributed by atoms with E-state index in [1.165, 1.54) is 37.7 Å². The zero-order valence-corrected chi connectivity index (χ0v) is 16.8. The summed E-state index contributed by atoms with van der Waals surface area (Å²) in [5.74, 6) is 0.671. The Bertz CT molecular complexity index is 839. The number of piperazine rings is 1. The van der Waals surface area contributed by atoms with Crippen LogP contribution in [0, 0.1) is 0 Å². The maximum atomic E-state index is 12.5. The molecular weight excluding hydrogens is 362 g/mol. The standard InChI is InChI=1S/C24H29N3O2/c28-23-17-27(15-14-25-23)22-12-6-18(7-13-22)16-26-24(29)21-10-8-20(9-11-21)19-4-2-1-3-5-19/h6-13,19H,1-5,14-17H2,(H,25,28)(H,26,29). The number of carbonyl (C=O) groups excluding carboxylic acids is 2. The van der Waals surface area contributed by atoms with Gasteiger partial charge in [-0.25, -0.2) is 0 Å². The Morgan fingerprint density at radius 1 is 1.00 bits per heavy atom. The normalized spacial score (nSPS) is 17.7. The number of nitrogens with zero attached hydrogens (tertiary/aromatic N) is 1. The number of nitrogens with one attached hydrogen (secondary N) is 2. The van der Waals surface area contributed by atoms with E-state index < -0.39 is 0 Å². The van der Waals surface area contributed by atoms with E-state index in [0.717, 1.165) is 17.8 Å². The van der Waals surface area contributed by atoms with Gasteiger partial charge in [0.15, 0.2) is 0 Å². The summed E-state index contributed by atoms with van der Waals surface area (Å²) in [5, 5.41) is 5.84. The second-order valence-electron chi connectivity index (χ2n) is 8.08. The molecule has 0 aromatic heterocycles. The van der Waals surface area contributed by atoms with Crippen molar-refractivity contribution in [1.29, 1.82) is 0 Å². The Morgan fingerprint density at radius 2 is 1.72 bits per heavy atom. The molecule has 2 aromatic carbocycles. The molecule has 1 aliphatic carbocycles. The molecule has 4 rings (SSSR count). The molecule has 5 nitrogen and oxygen atoms in total. The second-order valence-corrected chi connectivity index (χ2v) is 8.08. The maximum absolute atomic E-state index is 12.5. The van der Waals surface area contributed by atoms with Crippen LogP contribution < -0.4 is 15.5 Å². The maximum Gasteiger partial charge on any atom is 0.251 e. The average molecular weight is 392 g/mol. The molecule has 2 aromatic rings. The number of carbonyl (C=O) groups is 2. The molecular formula is C24H29N3O2. The van der Waals surface area contributed by atoms with Gasteiger partial charge in [0, 0.05) is 30.9 Å². The van der Waals surface area contributed by atoms with Crippen LogP contribution in [0.15, 0.2) is 48.5 Å². The summed E-state index contributed by atoms with van der Waals surface area (Å²) in [6.45, 7) is 2.38. The molecule has 0 unspecified atom stereocenters. The van der Waals surface area contributed by atoms with Crippen LogP contribution in [0.5, 0.6) is 0 Å². The van der Waals surface area contributed by atoms with Gasteiger partial charge in [0.05, 0.1) is 6.54 Å². The van der Waals surface area contributed by atoms with Gasteiger partial charge in [-0.05, 0) is 54.2 Å². The predicted octanol–water partition coefficient (Wildman–Crippen LogP) is 3.60. The van der Waals surface area contributed by atoms with Crippen molar-refractivity contribution in [2.75, 3.05) is 24.5 Å². The lowest BCUT2D eigenvalue weighted by atomic mass is 9.84. The van der Waals surface area contributed by atoms with Crippen LogP contribution in [0.4, 0.5) is 5.69 Å². The van der Waals surface area contributed by atoms with Crippen LogP contribution in [-0.2, 0) is 11.3 Å². The van der Waals surface area contributed by atoms with Gasteiger partial charge >= 0.3 is 0 Å². The van der Waals surface area contributed by atoms with Gasteiger partial charge < -0.3 is 15.5 Å². The van der Waals surface area contributed by atoms with Gasteiger partial charge in [-0.15, -0.1) is 0 Å². The molecule has 1 saturated heterocycles. The van der Waals surface area contributed by atoms with Crippen LogP contribution in [0.25, 0.3) is 0 Å². The van der Waals surface area contributed by atoms with Crippen molar-refractivity contribution >= 4 is 17.5 Å². The SMILES string of the molecule is O=C1CN(c2ccc(CNC(=O)c3ccc(C4CCCCC4)cc3)cc2)CCN1. The first-order valence-corrected chi connectivity index (χ1v) is 10.7. The van der Waals surface area contributed by atoms with Crippen LogP contribution in [-0.4, -0.2) is 31.4 Å². The van der Waals surface area contributed by atoms with E-state index in [1.807, 2.05) is 36.4 Å². The molecule has 2 aliphatic rings. The third-order valence-electron chi connectivity index (χ3n) is 6.04. The summed E-state index contributed by atoms with van der Waals surface area (Å²) in [7, 11) is 0. The molecule has 1 aliphatic heterocycles. The van der Waals surface area contributed by atoms with Gasteiger partial charge in [-0.1, -0.05) is 43.5 Å². The number of hydrogen-bond donors (Lipinski definition) is 2. The zero-order chi connectivity index (χ0) is 20.1. The van der Waals surface area contributed by atoms with E-state index in [0.29, 0.717) is 31.1 Å². The summed E-state index contributed by atoms with van der Waals surface area (Å²) in [6.07, 6.45) is 6.52. The van der Waals surface area contributed by atoms with E-state index in [9.17, 15) is 9.59 Å². The molecule has 2 fully saturated rings. The molecule has 1 heterocycles. The summed E-state index contributed by atoms with van der Waals surface area (Å²) >= 11 is 0. The molecule has 152 valence electrons. The summed E-state index contributed by atoms with van der Waals surface area (Å²) < 4.78 is 0. The fraction of sp³-hybridized carbons (Fsp3) is 0.417. The van der Waals surface area contributed by atoms with E-state index in [4.69, 9.17) is 0 Å². The van der Waals surface area contributed by atoms with Crippen LogP contribution in [0.1, 0.15) is 59.5 Å². The Morgan fingerprint density at radius 3 is 2.41 bits per heavy atom. The average Bonchev–Trinajstić information content (AvgIpc) is 2.78. The number of amides is 2. The van der Waals surface area contributed by atoms with Crippen molar-refractivity contribution in [3.63, 3.8) is 0 Å². The van der Waals surface area contributed by atoms with Gasteiger partial charge in [-0.3, -0.25) is 9.59 Å². The van der Waals surface area contributed by atoms with Gasteiger partial charge in [0.25, 0.3) is 5.91 Å². The Labute approximate surface area is 172 Å². The lowest BCUT2D eigenvalue weighted by Crippen LogP contribution is -2.47. The van der Waals surface area contributed by atoms with E-state index >= 15 is 0 Å². The van der Waals surface area contributed by atoms with Gasteiger partial charge in [0.2, 0.25) is 5.91 Å². The van der Waals surface area contributed by atoms with Crippen molar-refractivity contribution in [1.82, 2.24) is 10.6 Å². The summed E-state index contributed by atoms with van der Waals surface area (Å²) in [4.78, 5) is 26.1. The van der Waals surface area contributed by atoms with E-state index in [2.05, 4.69) is 27.7 Å². The summed E-state index contributed by atoms with van der Waals surface area (Å²) in [6, 6.07) is 16.2. The second kappa shape index (κ2) is 9.12. The fourth-order valence-electron chi connectivity index (χ4n) is 4.31. The third-order valence-corrected chi connectivity index (χ3v) is 6.04. The van der Waals surface area contributed by atoms with Gasteiger partial charge in [0.1, 0.15) is 0 Å². The minimum Gasteiger partial charge on any atom is -0.360 e. The minimum absolute atomic E-state index is 0.0445. The highest BCUT2D eigenvalue weighted by Crippen LogP contribution is 2.32. The van der Waals surface area contributed by atoms with E-state index in [1.54, 1.807) is 0 Å². The smallest absolute Gasteiger partial charge is 0.251 e. The topological polar surface area (TPSA) is 61.4 Å². The highest BCUT2D eigenvalue weighted by atomic mass is 16.2. The van der Waals surface area contributed by atoms with E-state index in [-0.39, 0.29) is 11.8 Å². The van der Waals surface area contributed by atoms with Gasteiger partial charge in [-0.2, -0.15) is 0 Å². The largest absolute Gasteiger partial charge is 0.360 e. The monoisotopic (exact) mass is 391 g/mol. The van der Waals surface area contributed by atoms with Crippen molar-refractivity contribution in [2.45, 2.75) is 44.6 Å². The Kier molecular flexibility index (Phi) is 6.13. The number of benzene rings is 2. The van der Waals surface area contributed by atoms with Crippen LogP contribution in [0.2, 0.25) is 0 Å². The molecule has 0 bridgehead atoms. The molecule has 5 heteroatoms. The molecule has 0 spiro atoms. The molecule has 0 radical (unpaired) electrons. The van der Waals surface area contributed by atoms with Crippen molar-refractivity contribution in [3.05, 3.63) is 65.2 Å². The number of anilines is 1. The predicted molar refractivity (Wildman–Crippen MR) is 115 cm³/mol. The lowest BCUT2D eigenvalue weighted by Gasteiger charge is -2.28. The highest BCUT2D eigenvalue weighted by molar-refractivity contribution is 5.94. The molecule has 29 heavy (non-hydrogen) atoms. The van der Waals surface area contributed by atoms with Crippen LogP contribution >= 0.6 is 0 Å². The lowest BCUT2D eigenvalue weighted by molar-refractivity contribution is -0.120. The quantitative estimate of drug-likeness (QED) is 0.819. The Hall–Kier alpha value is -2.82. The highest BCUT2D eigenvalue weighted by Gasteiger charge is 2.17. The van der Waals surface area contributed by atoms with Crippen molar-refractivity contribution < 1.29 is 9.59 Å². The fourth-order valence-corrected chi connectivity index (χ4v) is 4.31. The Balaban J connectivity index is 1.30. The number of rotatable bonds is 5. The zero-order valence-electron chi connectivity index (χ0n) is 16.8. The molecule has 1 saturated carbocycles. The minimum atomic E-state index is -0.0445. The first-order chi connectivity index (χ1) is 14.2. The number of hydrogen-bond acceptors (Lipinski definition) is 3. The molecule has 2 N–H and O–H groups in total. The third kappa shape index (κ3) is 4.97. The molecule has 0 atom stereocenters. The first kappa shape index (κ1) is 19.5. The van der Waals surface area contributed by atoms with Crippen LogP contribution in [0.3, 0.4) is 0 Å².